The number of aromatic hydroxyl groups is 1. The number of allylic oxidation sites excluding steroid dienone is 7. The number of phenols is 1. The van der Waals surface area contributed by atoms with Gasteiger partial charge in [-0.25, -0.2) is 19.2 Å². The van der Waals surface area contributed by atoms with Crippen LogP contribution >= 0.6 is 0 Å². The summed E-state index contributed by atoms with van der Waals surface area (Å²) in [5.74, 6) is -0.699. The molecule has 1 rings (SSSR count). The second-order valence-electron chi connectivity index (χ2n) is 8.11. The number of nitrogens with one attached hydrogen (secondary N) is 2. The van der Waals surface area contributed by atoms with Crippen LogP contribution in [0.2, 0.25) is 0 Å². The number of carbonyl (C=O) groups excluding carboxylic acids is 1. The molecular formula is C29H37FN4O2. The Morgan fingerprint density at radius 3 is 2.50 bits per heavy atom. The largest absolute Gasteiger partial charge is 0.505 e. The van der Waals surface area contributed by atoms with Gasteiger partial charge >= 0.3 is 6.03 Å². The minimum Gasteiger partial charge on any atom is -0.505 e. The molecule has 0 spiro atoms. The number of halogens is 1. The molecule has 0 saturated heterocycles. The van der Waals surface area contributed by atoms with Gasteiger partial charge in [-0.2, -0.15) is 0 Å². The summed E-state index contributed by atoms with van der Waals surface area (Å²) >= 11 is 0. The Morgan fingerprint density at radius 2 is 1.94 bits per heavy atom. The first kappa shape index (κ1) is 30.0. The third-order valence-corrected chi connectivity index (χ3v) is 5.08. The Labute approximate surface area is 214 Å². The SMILES string of the molecule is C=C/C=C\C(=C/C)CCC[C@@H](C)NC(=O)NC(=C/C)/N=C(/N=C(\C=C)c1ccc(O)c(F)c1)C(=C)C. The average Bonchev–Trinajstić information content (AvgIpc) is 2.84. The molecule has 0 aliphatic heterocycles. The molecule has 0 aliphatic carbocycles. The highest BCUT2D eigenvalue weighted by Gasteiger charge is 2.11. The fraction of sp³-hybridized carbons (Fsp3) is 0.276. The number of hydrogen-bond acceptors (Lipinski definition) is 3. The maximum Gasteiger partial charge on any atom is 0.320 e. The molecule has 0 aliphatic rings. The van der Waals surface area contributed by atoms with Crippen molar-refractivity contribution in [2.45, 2.75) is 53.0 Å². The van der Waals surface area contributed by atoms with Gasteiger partial charge in [0.2, 0.25) is 0 Å². The van der Waals surface area contributed by atoms with Crippen LogP contribution in [0.4, 0.5) is 9.18 Å². The van der Waals surface area contributed by atoms with E-state index in [1.54, 1.807) is 26.0 Å². The highest BCUT2D eigenvalue weighted by Crippen LogP contribution is 2.18. The predicted molar refractivity (Wildman–Crippen MR) is 149 cm³/mol. The molecule has 7 heteroatoms. The molecule has 6 nitrogen and oxygen atoms in total. The number of benzene rings is 1. The number of aliphatic imine (C=N–C) groups is 2. The lowest BCUT2D eigenvalue weighted by molar-refractivity contribution is 0.239. The molecule has 1 atom stereocenters. The van der Waals surface area contributed by atoms with Crippen molar-refractivity contribution in [2.24, 2.45) is 9.98 Å². The van der Waals surface area contributed by atoms with Gasteiger partial charge in [-0.05, 0) is 82.9 Å². The lowest BCUT2D eigenvalue weighted by Crippen LogP contribution is -2.40. The number of phenolic OH excluding ortho intramolecular Hbond substituents is 1. The standard InChI is InChI=1S/C29H37FN4O2/c1-8-12-15-22(9-2)16-13-14-21(7)31-29(36)34-27(11-4)33-28(20(5)6)32-25(10-3)23-17-18-26(35)24(30)19-23/h8-12,15,17-19,21,35H,1,3,5,13-14,16H2,2,4,6-7H3,(H2,31,34,36)/b15-12-,22-9+,27-11+,32-25+,33-28+/t21-/m1/s1. The van der Waals surface area contributed by atoms with Crippen LogP contribution in [0.3, 0.4) is 0 Å². The molecule has 0 fully saturated rings. The van der Waals surface area contributed by atoms with Crippen molar-refractivity contribution in [3.63, 3.8) is 0 Å². The molecule has 0 aromatic heterocycles. The second-order valence-corrected chi connectivity index (χ2v) is 8.11. The van der Waals surface area contributed by atoms with Gasteiger partial charge in [0.25, 0.3) is 0 Å². The second kappa shape index (κ2) is 15.8. The fourth-order valence-corrected chi connectivity index (χ4v) is 3.08. The van der Waals surface area contributed by atoms with Crippen LogP contribution < -0.4 is 10.6 Å². The first-order valence-corrected chi connectivity index (χ1v) is 11.8. The maximum atomic E-state index is 13.8. The Kier molecular flexibility index (Phi) is 13.2. The van der Waals surface area contributed by atoms with E-state index in [2.05, 4.69) is 46.4 Å². The topological polar surface area (TPSA) is 86.1 Å². The summed E-state index contributed by atoms with van der Waals surface area (Å²) in [5, 5.41) is 15.1. The number of amidine groups is 1. The van der Waals surface area contributed by atoms with Crippen molar-refractivity contribution in [3.8, 4) is 5.75 Å². The first-order chi connectivity index (χ1) is 17.1. The lowest BCUT2D eigenvalue weighted by atomic mass is 10.0. The number of amides is 2. The fourth-order valence-electron chi connectivity index (χ4n) is 3.08. The monoisotopic (exact) mass is 492 g/mol. The predicted octanol–water partition coefficient (Wildman–Crippen LogP) is 6.89. The van der Waals surface area contributed by atoms with Gasteiger partial charge in [0.15, 0.2) is 17.4 Å². The number of carbonyl (C=O) groups is 1. The zero-order chi connectivity index (χ0) is 27.1. The van der Waals surface area contributed by atoms with Crippen molar-refractivity contribution in [3.05, 3.63) is 103 Å². The number of rotatable bonds is 12. The van der Waals surface area contributed by atoms with E-state index in [1.807, 2.05) is 26.0 Å². The highest BCUT2D eigenvalue weighted by molar-refractivity contribution is 6.16. The quantitative estimate of drug-likeness (QED) is 0.169. The summed E-state index contributed by atoms with van der Waals surface area (Å²) in [6, 6.07) is 3.50. The van der Waals surface area contributed by atoms with Crippen LogP contribution in [-0.2, 0) is 0 Å². The van der Waals surface area contributed by atoms with Gasteiger partial charge in [-0.3, -0.25) is 5.32 Å². The van der Waals surface area contributed by atoms with E-state index in [0.717, 1.165) is 25.3 Å². The van der Waals surface area contributed by atoms with Crippen molar-refractivity contribution >= 4 is 17.6 Å². The summed E-state index contributed by atoms with van der Waals surface area (Å²) in [6.07, 6.45) is 13.5. The van der Waals surface area contributed by atoms with Crippen molar-refractivity contribution in [1.29, 1.82) is 0 Å². The van der Waals surface area contributed by atoms with Crippen LogP contribution in [0, 0.1) is 5.82 Å². The minimum absolute atomic E-state index is 0.0380. The van der Waals surface area contributed by atoms with Gasteiger partial charge in [-0.15, -0.1) is 0 Å². The smallest absolute Gasteiger partial charge is 0.320 e. The normalized spacial score (nSPS) is 13.9. The molecule has 0 heterocycles. The maximum absolute atomic E-state index is 13.8. The van der Waals surface area contributed by atoms with E-state index in [9.17, 15) is 14.3 Å². The first-order valence-electron chi connectivity index (χ1n) is 11.8. The van der Waals surface area contributed by atoms with Crippen LogP contribution in [0.5, 0.6) is 5.75 Å². The van der Waals surface area contributed by atoms with E-state index in [-0.39, 0.29) is 23.7 Å². The van der Waals surface area contributed by atoms with Crippen LogP contribution in [0.25, 0.3) is 0 Å². The molecule has 192 valence electrons. The van der Waals surface area contributed by atoms with E-state index in [4.69, 9.17) is 0 Å². The number of nitrogens with zero attached hydrogens (tertiary/aromatic N) is 2. The molecule has 1 aromatic carbocycles. The summed E-state index contributed by atoms with van der Waals surface area (Å²) in [4.78, 5) is 21.4. The third-order valence-electron chi connectivity index (χ3n) is 5.08. The van der Waals surface area contributed by atoms with Gasteiger partial charge < -0.3 is 10.4 Å². The molecular weight excluding hydrogens is 455 g/mol. The Bertz CT molecular complexity index is 1110. The number of urea groups is 1. The molecule has 3 N–H and O–H groups in total. The van der Waals surface area contributed by atoms with Gasteiger partial charge in [0, 0.05) is 11.6 Å². The number of hydrogen-bond donors (Lipinski definition) is 3. The third kappa shape index (κ3) is 10.5. The van der Waals surface area contributed by atoms with E-state index in [1.165, 1.54) is 23.8 Å². The molecule has 0 unspecified atom stereocenters. The van der Waals surface area contributed by atoms with Crippen LogP contribution in [0.15, 0.2) is 101 Å². The molecule has 0 bridgehead atoms. The van der Waals surface area contributed by atoms with E-state index >= 15 is 0 Å². The summed E-state index contributed by atoms with van der Waals surface area (Å²) in [5.41, 5.74) is 2.51. The summed E-state index contributed by atoms with van der Waals surface area (Å²) < 4.78 is 13.8. The molecule has 36 heavy (non-hydrogen) atoms. The van der Waals surface area contributed by atoms with E-state index in [0.29, 0.717) is 16.8 Å². The highest BCUT2D eigenvalue weighted by atomic mass is 19.1. The Hall–Kier alpha value is -4.00. The van der Waals surface area contributed by atoms with Crippen molar-refractivity contribution in [2.75, 3.05) is 0 Å². The Balaban J connectivity index is 2.88. The van der Waals surface area contributed by atoms with Gasteiger partial charge in [-0.1, -0.05) is 49.6 Å². The Morgan fingerprint density at radius 1 is 1.22 bits per heavy atom. The molecule has 0 saturated carbocycles. The summed E-state index contributed by atoms with van der Waals surface area (Å²) in [7, 11) is 0. The molecule has 0 radical (unpaired) electrons. The van der Waals surface area contributed by atoms with Crippen LogP contribution in [0.1, 0.15) is 52.5 Å². The average molecular weight is 493 g/mol. The zero-order valence-electron chi connectivity index (χ0n) is 21.6. The van der Waals surface area contributed by atoms with Gasteiger partial charge in [0.1, 0.15) is 5.82 Å². The zero-order valence-corrected chi connectivity index (χ0v) is 21.6. The van der Waals surface area contributed by atoms with Gasteiger partial charge in [0.05, 0.1) is 5.71 Å². The van der Waals surface area contributed by atoms with Crippen molar-refractivity contribution < 1.29 is 14.3 Å². The minimum atomic E-state index is -0.771. The van der Waals surface area contributed by atoms with E-state index < -0.39 is 11.6 Å². The van der Waals surface area contributed by atoms with Crippen LogP contribution in [-0.4, -0.2) is 28.7 Å². The molecule has 1 aromatic rings. The lowest BCUT2D eigenvalue weighted by Gasteiger charge is -2.15. The molecule has 2 amide bonds. The van der Waals surface area contributed by atoms with Crippen molar-refractivity contribution in [1.82, 2.24) is 10.6 Å². The summed E-state index contributed by atoms with van der Waals surface area (Å²) in [6.45, 7) is 18.7.